The highest BCUT2D eigenvalue weighted by molar-refractivity contribution is 7.98. The van der Waals surface area contributed by atoms with Crippen LogP contribution in [0.2, 0.25) is 0 Å². The Bertz CT molecular complexity index is 1280. The number of hydrogen-bond acceptors (Lipinski definition) is 6. The van der Waals surface area contributed by atoms with Gasteiger partial charge in [0.2, 0.25) is 0 Å². The molecule has 0 saturated carbocycles. The van der Waals surface area contributed by atoms with Gasteiger partial charge in [0.1, 0.15) is 11.6 Å². The fourth-order valence-electron chi connectivity index (χ4n) is 3.63. The highest BCUT2D eigenvalue weighted by atomic mass is 32.2. The smallest absolute Gasteiger partial charge is 0.251 e. The third kappa shape index (κ3) is 6.98. The minimum Gasteiger partial charge on any atom is -0.467 e. The van der Waals surface area contributed by atoms with Crippen LogP contribution in [0.1, 0.15) is 53.7 Å². The first-order valence-electron chi connectivity index (χ1n) is 11.9. The minimum atomic E-state index is -0.131. The molecule has 1 N–H and O–H groups in total. The van der Waals surface area contributed by atoms with Crippen molar-refractivity contribution >= 4 is 23.5 Å². The first-order chi connectivity index (χ1) is 17.3. The number of carbonyl (C=O) groups excluding carboxylic acids is 1. The van der Waals surface area contributed by atoms with E-state index in [0.29, 0.717) is 17.9 Å². The average molecular weight is 501 g/mol. The van der Waals surface area contributed by atoms with Crippen LogP contribution in [-0.2, 0) is 24.3 Å². The SMILES string of the molecule is CN(Cc1ccccc1)c1cc(C(C)(C)C)nc(SCc2cccc(C(=O)NCc3ccco3)c2)n1. The molecule has 0 aliphatic heterocycles. The second-order valence-electron chi connectivity index (χ2n) is 9.74. The molecule has 0 bridgehead atoms. The number of carbonyl (C=O) groups is 1. The first-order valence-corrected chi connectivity index (χ1v) is 12.9. The molecule has 36 heavy (non-hydrogen) atoms. The summed E-state index contributed by atoms with van der Waals surface area (Å²) in [5.41, 5.74) is 3.78. The summed E-state index contributed by atoms with van der Waals surface area (Å²) in [7, 11) is 2.06. The molecule has 2 heterocycles. The third-order valence-corrected chi connectivity index (χ3v) is 6.59. The Kier molecular flexibility index (Phi) is 8.10. The van der Waals surface area contributed by atoms with Gasteiger partial charge in [-0.2, -0.15) is 0 Å². The largest absolute Gasteiger partial charge is 0.467 e. The van der Waals surface area contributed by atoms with Crippen molar-refractivity contribution in [2.75, 3.05) is 11.9 Å². The molecule has 4 aromatic rings. The molecule has 1 amide bonds. The summed E-state index contributed by atoms with van der Waals surface area (Å²) in [6, 6.07) is 23.8. The van der Waals surface area contributed by atoms with Crippen molar-refractivity contribution < 1.29 is 9.21 Å². The molecule has 0 saturated heterocycles. The van der Waals surface area contributed by atoms with Crippen LogP contribution in [0.25, 0.3) is 0 Å². The van der Waals surface area contributed by atoms with Crippen LogP contribution in [0.5, 0.6) is 0 Å². The molecule has 6 nitrogen and oxygen atoms in total. The number of thioether (sulfide) groups is 1. The van der Waals surface area contributed by atoms with Gasteiger partial charge < -0.3 is 14.6 Å². The van der Waals surface area contributed by atoms with E-state index < -0.39 is 0 Å². The van der Waals surface area contributed by atoms with Gasteiger partial charge in [-0.15, -0.1) is 0 Å². The van der Waals surface area contributed by atoms with Gasteiger partial charge in [0, 0.05) is 36.4 Å². The monoisotopic (exact) mass is 500 g/mol. The van der Waals surface area contributed by atoms with E-state index in [1.807, 2.05) is 36.4 Å². The summed E-state index contributed by atoms with van der Waals surface area (Å²) in [4.78, 5) is 24.5. The van der Waals surface area contributed by atoms with E-state index in [-0.39, 0.29) is 11.3 Å². The van der Waals surface area contributed by atoms with E-state index in [1.165, 1.54) is 5.56 Å². The van der Waals surface area contributed by atoms with Crippen LogP contribution in [0.3, 0.4) is 0 Å². The molecule has 4 rings (SSSR count). The molecule has 0 fully saturated rings. The summed E-state index contributed by atoms with van der Waals surface area (Å²) in [6.45, 7) is 7.61. The predicted octanol–water partition coefficient (Wildman–Crippen LogP) is 6.23. The molecule has 0 unspecified atom stereocenters. The number of nitrogens with one attached hydrogen (secondary N) is 1. The molecular formula is C29H32N4O2S. The highest BCUT2D eigenvalue weighted by Crippen LogP contribution is 2.28. The number of nitrogens with zero attached hydrogens (tertiary/aromatic N) is 3. The van der Waals surface area contributed by atoms with E-state index in [2.05, 4.69) is 68.4 Å². The molecular weight excluding hydrogens is 468 g/mol. The van der Waals surface area contributed by atoms with Crippen LogP contribution in [-0.4, -0.2) is 22.9 Å². The number of furan rings is 1. The zero-order valence-electron chi connectivity index (χ0n) is 21.2. The summed E-state index contributed by atoms with van der Waals surface area (Å²) in [6.07, 6.45) is 1.60. The lowest BCUT2D eigenvalue weighted by Gasteiger charge is -2.23. The van der Waals surface area contributed by atoms with Crippen LogP contribution in [0, 0.1) is 0 Å². The van der Waals surface area contributed by atoms with E-state index in [9.17, 15) is 4.79 Å². The second-order valence-corrected chi connectivity index (χ2v) is 10.7. The van der Waals surface area contributed by atoms with Crippen LogP contribution in [0.15, 0.2) is 88.6 Å². The summed E-state index contributed by atoms with van der Waals surface area (Å²) >= 11 is 1.58. The van der Waals surface area contributed by atoms with Crippen molar-refractivity contribution in [3.63, 3.8) is 0 Å². The Hall–Kier alpha value is -3.58. The summed E-state index contributed by atoms with van der Waals surface area (Å²) in [5.74, 6) is 2.15. The lowest BCUT2D eigenvalue weighted by molar-refractivity contribution is 0.0948. The molecule has 0 atom stereocenters. The molecule has 186 valence electrons. The number of hydrogen-bond donors (Lipinski definition) is 1. The Labute approximate surface area is 217 Å². The van der Waals surface area contributed by atoms with Gasteiger partial charge in [-0.25, -0.2) is 9.97 Å². The average Bonchev–Trinajstić information content (AvgIpc) is 3.40. The third-order valence-electron chi connectivity index (χ3n) is 5.67. The molecule has 7 heteroatoms. The van der Waals surface area contributed by atoms with Gasteiger partial charge in [0.15, 0.2) is 5.16 Å². The quantitative estimate of drug-likeness (QED) is 0.217. The maximum Gasteiger partial charge on any atom is 0.251 e. The minimum absolute atomic E-state index is 0.105. The van der Waals surface area contributed by atoms with Gasteiger partial charge in [0.25, 0.3) is 5.91 Å². The van der Waals surface area contributed by atoms with Crippen molar-refractivity contribution in [2.45, 2.75) is 50.2 Å². The normalized spacial score (nSPS) is 11.3. The number of benzene rings is 2. The maximum atomic E-state index is 12.6. The number of amides is 1. The van der Waals surface area contributed by atoms with Gasteiger partial charge in [-0.1, -0.05) is 75.0 Å². The maximum absolute atomic E-state index is 12.6. The van der Waals surface area contributed by atoms with Crippen molar-refractivity contribution in [3.05, 3.63) is 107 Å². The summed E-state index contributed by atoms with van der Waals surface area (Å²) in [5, 5.41) is 3.62. The fraction of sp³-hybridized carbons (Fsp3) is 0.276. The van der Waals surface area contributed by atoms with Crippen molar-refractivity contribution in [1.29, 1.82) is 0 Å². The van der Waals surface area contributed by atoms with Crippen molar-refractivity contribution in [2.24, 2.45) is 0 Å². The van der Waals surface area contributed by atoms with E-state index in [4.69, 9.17) is 14.4 Å². The topological polar surface area (TPSA) is 71.3 Å². The number of rotatable bonds is 9. The van der Waals surface area contributed by atoms with Gasteiger partial charge >= 0.3 is 0 Å². The van der Waals surface area contributed by atoms with Crippen LogP contribution in [0.4, 0.5) is 5.82 Å². The zero-order valence-corrected chi connectivity index (χ0v) is 22.0. The number of aromatic nitrogens is 2. The van der Waals surface area contributed by atoms with Gasteiger partial charge in [-0.05, 0) is 35.4 Å². The number of anilines is 1. The van der Waals surface area contributed by atoms with Gasteiger partial charge in [0.05, 0.1) is 18.5 Å². The molecule has 0 aliphatic rings. The zero-order chi connectivity index (χ0) is 25.5. The first kappa shape index (κ1) is 25.5. The molecule has 0 aliphatic carbocycles. The van der Waals surface area contributed by atoms with Crippen molar-refractivity contribution in [1.82, 2.24) is 15.3 Å². The van der Waals surface area contributed by atoms with E-state index in [0.717, 1.165) is 34.5 Å². The molecule has 2 aromatic heterocycles. The molecule has 0 radical (unpaired) electrons. The Balaban J connectivity index is 1.47. The van der Waals surface area contributed by atoms with Gasteiger partial charge in [-0.3, -0.25) is 4.79 Å². The van der Waals surface area contributed by atoms with Crippen LogP contribution < -0.4 is 10.2 Å². The Morgan fingerprint density at radius 1 is 0.972 bits per heavy atom. The lowest BCUT2D eigenvalue weighted by atomic mass is 9.92. The van der Waals surface area contributed by atoms with Crippen LogP contribution >= 0.6 is 11.8 Å². The van der Waals surface area contributed by atoms with Crippen molar-refractivity contribution in [3.8, 4) is 0 Å². The fourth-order valence-corrected chi connectivity index (χ4v) is 4.42. The molecule has 2 aromatic carbocycles. The second kappa shape index (κ2) is 11.4. The standard InChI is InChI=1S/C29H32N4O2S/c1-29(2,3)25-17-26(33(4)19-21-10-6-5-7-11-21)32-28(31-25)36-20-22-12-8-13-23(16-22)27(34)30-18-24-14-9-15-35-24/h5-17H,18-20H2,1-4H3,(H,30,34). The van der Waals surface area contributed by atoms with E-state index >= 15 is 0 Å². The Morgan fingerprint density at radius 3 is 2.47 bits per heavy atom. The lowest BCUT2D eigenvalue weighted by Crippen LogP contribution is -2.22. The highest BCUT2D eigenvalue weighted by Gasteiger charge is 2.20. The Morgan fingerprint density at radius 2 is 1.75 bits per heavy atom. The summed E-state index contributed by atoms with van der Waals surface area (Å²) < 4.78 is 5.29. The molecule has 0 spiro atoms. The predicted molar refractivity (Wildman–Crippen MR) is 145 cm³/mol. The van der Waals surface area contributed by atoms with E-state index in [1.54, 1.807) is 24.1 Å².